The normalized spacial score (nSPS) is 20.5. The number of carbonyl (C=O) groups is 5. The molecule has 1 aromatic rings. The lowest BCUT2D eigenvalue weighted by Gasteiger charge is -2.49. The number of β-lactam (4-membered cyclic amide) rings is 1. The van der Waals surface area contributed by atoms with Gasteiger partial charge in [-0.05, 0) is 13.8 Å². The van der Waals surface area contributed by atoms with Crippen LogP contribution >= 0.6 is 23.3 Å². The molecule has 4 heterocycles. The van der Waals surface area contributed by atoms with Gasteiger partial charge in [0, 0.05) is 62.9 Å². The maximum absolute atomic E-state index is 13.5. The molecule has 3 amide bonds. The number of guanidine groups is 1. The number of thioether (sulfide) groups is 1. The third-order valence-electron chi connectivity index (χ3n) is 6.84. The summed E-state index contributed by atoms with van der Waals surface area (Å²) in [7, 11) is 0. The Morgan fingerprint density at radius 1 is 1.12 bits per heavy atom. The lowest BCUT2D eigenvalue weighted by Crippen LogP contribution is -2.71. The third-order valence-corrected chi connectivity index (χ3v) is 8.69. The Bertz CT molecular complexity index is 1580. The van der Waals surface area contributed by atoms with Gasteiger partial charge in [-0.15, -0.1) is 16.9 Å². The van der Waals surface area contributed by atoms with Gasteiger partial charge in [0.2, 0.25) is 29.7 Å². The number of nitrogen functional groups attached to an aromatic ring is 1. The van der Waals surface area contributed by atoms with Crippen LogP contribution in [-0.2, 0) is 38.2 Å². The van der Waals surface area contributed by atoms with Crippen molar-refractivity contribution in [3.05, 3.63) is 17.1 Å². The molecule has 4 rings (SSSR count). The van der Waals surface area contributed by atoms with Crippen LogP contribution in [0.1, 0.15) is 33.5 Å². The van der Waals surface area contributed by atoms with Crippen molar-refractivity contribution in [3.8, 4) is 0 Å². The summed E-state index contributed by atoms with van der Waals surface area (Å²) in [6, 6.07) is -1.18. The van der Waals surface area contributed by atoms with Gasteiger partial charge in [0.25, 0.3) is 18.7 Å². The molecule has 3 atom stereocenters. The van der Waals surface area contributed by atoms with Crippen molar-refractivity contribution in [1.29, 1.82) is 0 Å². The van der Waals surface area contributed by atoms with Crippen LogP contribution in [0.2, 0.25) is 0 Å². The van der Waals surface area contributed by atoms with Gasteiger partial charge >= 0.3 is 12.1 Å². The highest BCUT2D eigenvalue weighted by Crippen LogP contribution is 2.40. The number of halogens is 1. The van der Waals surface area contributed by atoms with Gasteiger partial charge in [-0.1, -0.05) is 5.16 Å². The summed E-state index contributed by atoms with van der Waals surface area (Å²) < 4.78 is 31.8. The molecule has 2 saturated heterocycles. The predicted molar refractivity (Wildman–Crippen MR) is 172 cm³/mol. The zero-order valence-corrected chi connectivity index (χ0v) is 28.4. The topological polar surface area (TPSA) is 259 Å². The molecule has 3 aliphatic heterocycles. The van der Waals surface area contributed by atoms with Gasteiger partial charge in [0.1, 0.15) is 17.1 Å². The highest BCUT2D eigenvalue weighted by molar-refractivity contribution is 8.00. The number of nitrogens with one attached hydrogen (secondary N) is 1. The Morgan fingerprint density at radius 2 is 1.82 bits per heavy atom. The SMILES string of the molecule is CC(=O)N1CCN(C(N)=NN=CC2=C(C(=O)OC(C)OC(=O)OC(C)C)N3C(=O)[C@@H](NC(=O)C(=NOCF)c4nsc(N)n4)[C@H]3SC2)CC1. The molecule has 0 bridgehead atoms. The van der Waals surface area contributed by atoms with Gasteiger partial charge < -0.3 is 45.6 Å². The van der Waals surface area contributed by atoms with Crippen molar-refractivity contribution in [2.75, 3.05) is 44.5 Å². The summed E-state index contributed by atoms with van der Waals surface area (Å²) in [4.78, 5) is 76.3. The van der Waals surface area contributed by atoms with Crippen molar-refractivity contribution in [1.82, 2.24) is 29.4 Å². The molecule has 0 saturated carbocycles. The number of alkyl halides is 1. The summed E-state index contributed by atoms with van der Waals surface area (Å²) in [5, 5.41) is 13.1. The number of carbonyl (C=O) groups excluding carboxylic acids is 5. The highest BCUT2D eigenvalue weighted by atomic mass is 32.2. The summed E-state index contributed by atoms with van der Waals surface area (Å²) in [6.45, 7) is 6.40. The van der Waals surface area contributed by atoms with Crippen LogP contribution in [0.3, 0.4) is 0 Å². The average molecular weight is 728 g/mol. The number of nitrogens with zero attached hydrogens (tertiary/aromatic N) is 8. The van der Waals surface area contributed by atoms with E-state index in [1.165, 1.54) is 31.8 Å². The number of fused-ring (bicyclic) bond motifs is 1. The van der Waals surface area contributed by atoms with E-state index >= 15 is 0 Å². The Balaban J connectivity index is 1.54. The quantitative estimate of drug-likeness (QED) is 0.0638. The summed E-state index contributed by atoms with van der Waals surface area (Å²) in [5.41, 5.74) is 11.1. The van der Waals surface area contributed by atoms with Crippen LogP contribution in [-0.4, -0.2) is 134 Å². The molecule has 3 aliphatic rings. The van der Waals surface area contributed by atoms with E-state index in [-0.39, 0.29) is 39.8 Å². The molecule has 23 heteroatoms. The van der Waals surface area contributed by atoms with Crippen LogP contribution < -0.4 is 16.8 Å². The standard InChI is InChI=1S/C26H34FN11O9S2/c1-12(2)45-26(43)47-14(4)46-23(42)18-15(9-30-33-24(28)37-7-5-36(6-8-37)13(3)39)10-48-22-17(21(41)38(18)22)31-20(40)16(34-44-11-27)19-32-25(29)49-35-19/h9,12,14,17,22H,5-8,10-11H2,1-4H3,(H2,28,33)(H,31,40)(H2,29,32,35)/t14?,17-,22-/m1/s1. The second kappa shape index (κ2) is 16.4. The van der Waals surface area contributed by atoms with Crippen molar-refractivity contribution in [2.24, 2.45) is 21.1 Å². The van der Waals surface area contributed by atoms with Gasteiger partial charge in [-0.25, -0.2) is 14.0 Å². The molecule has 0 radical (unpaired) electrons. The minimum absolute atomic E-state index is 0.00397. The number of piperazine rings is 1. The Hall–Kier alpha value is -5.06. The van der Waals surface area contributed by atoms with Crippen molar-refractivity contribution < 1.29 is 47.4 Å². The number of esters is 1. The van der Waals surface area contributed by atoms with Crippen LogP contribution in [0.15, 0.2) is 26.6 Å². The van der Waals surface area contributed by atoms with Crippen LogP contribution in [0.4, 0.5) is 14.3 Å². The first kappa shape index (κ1) is 36.8. The van der Waals surface area contributed by atoms with Gasteiger partial charge in [-0.2, -0.15) is 14.5 Å². The zero-order valence-electron chi connectivity index (χ0n) is 26.7. The third kappa shape index (κ3) is 9.10. The lowest BCUT2D eigenvalue weighted by atomic mass is 10.0. The van der Waals surface area contributed by atoms with Crippen molar-refractivity contribution >= 4 is 76.2 Å². The van der Waals surface area contributed by atoms with E-state index < -0.39 is 60.3 Å². The number of hydrogen-bond acceptors (Lipinski definition) is 17. The summed E-state index contributed by atoms with van der Waals surface area (Å²) in [6.07, 6.45) is -1.76. The van der Waals surface area contributed by atoms with Crippen LogP contribution in [0.25, 0.3) is 0 Å². The van der Waals surface area contributed by atoms with Crippen LogP contribution in [0, 0.1) is 0 Å². The van der Waals surface area contributed by atoms with E-state index in [9.17, 15) is 28.4 Å². The number of rotatable bonds is 11. The Labute approximate surface area is 286 Å². The zero-order chi connectivity index (χ0) is 35.8. The second-order valence-corrected chi connectivity index (χ2v) is 12.5. The average Bonchev–Trinajstić information content (AvgIpc) is 3.48. The fourth-order valence-electron chi connectivity index (χ4n) is 4.60. The molecule has 2 fully saturated rings. The first-order valence-electron chi connectivity index (χ1n) is 14.6. The highest BCUT2D eigenvalue weighted by Gasteiger charge is 2.55. The predicted octanol–water partition coefficient (Wildman–Crippen LogP) is -0.663. The maximum Gasteiger partial charge on any atom is 0.511 e. The second-order valence-electron chi connectivity index (χ2n) is 10.6. The van der Waals surface area contributed by atoms with E-state index in [2.05, 4.69) is 34.9 Å². The fraction of sp³-hybridized carbons (Fsp3) is 0.538. The number of anilines is 1. The van der Waals surface area contributed by atoms with E-state index in [0.29, 0.717) is 26.2 Å². The van der Waals surface area contributed by atoms with Crippen molar-refractivity contribution in [2.45, 2.75) is 51.5 Å². The van der Waals surface area contributed by atoms with E-state index in [0.717, 1.165) is 16.4 Å². The number of hydrogen-bond donors (Lipinski definition) is 3. The van der Waals surface area contributed by atoms with Gasteiger partial charge in [0.15, 0.2) is 5.13 Å². The molecule has 0 aromatic carbocycles. The first-order valence-corrected chi connectivity index (χ1v) is 16.4. The minimum Gasteiger partial charge on any atom is -0.431 e. The van der Waals surface area contributed by atoms with E-state index in [4.69, 9.17) is 25.7 Å². The maximum atomic E-state index is 13.5. The Morgan fingerprint density at radius 3 is 2.43 bits per heavy atom. The van der Waals surface area contributed by atoms with Gasteiger partial charge in [0.05, 0.1) is 12.3 Å². The molecule has 1 unspecified atom stereocenters. The molecule has 1 aromatic heterocycles. The molecule has 0 spiro atoms. The molecule has 20 nitrogen and oxygen atoms in total. The largest absolute Gasteiger partial charge is 0.511 e. The van der Waals surface area contributed by atoms with Crippen molar-refractivity contribution in [3.63, 3.8) is 0 Å². The van der Waals surface area contributed by atoms with Gasteiger partial charge in [-0.3, -0.25) is 19.3 Å². The number of oxime groups is 1. The number of aromatic nitrogens is 2. The molecule has 266 valence electrons. The lowest BCUT2D eigenvalue weighted by molar-refractivity contribution is -0.169. The molecule has 5 N–H and O–H groups in total. The fourth-order valence-corrected chi connectivity index (χ4v) is 6.33. The monoisotopic (exact) mass is 727 g/mol. The first-order chi connectivity index (χ1) is 23.3. The minimum atomic E-state index is -1.42. The molecular formula is C26H34FN11O9S2. The number of amides is 3. The Kier molecular flexibility index (Phi) is 12.3. The smallest absolute Gasteiger partial charge is 0.431 e. The molecule has 49 heavy (non-hydrogen) atoms. The number of nitrogens with two attached hydrogens (primary N) is 2. The number of ether oxygens (including phenoxy) is 3. The summed E-state index contributed by atoms with van der Waals surface area (Å²) >= 11 is 1.93. The van der Waals surface area contributed by atoms with Crippen LogP contribution in [0.5, 0.6) is 0 Å². The van der Waals surface area contributed by atoms with E-state index in [1.54, 1.807) is 23.6 Å². The van der Waals surface area contributed by atoms with E-state index in [1.807, 2.05) is 0 Å². The molecular weight excluding hydrogens is 693 g/mol. The summed E-state index contributed by atoms with van der Waals surface area (Å²) in [5.74, 6) is -2.88. The molecule has 0 aliphatic carbocycles.